The molecule has 0 bridgehead atoms. The average Bonchev–Trinajstić information content (AvgIpc) is 2.78. The summed E-state index contributed by atoms with van der Waals surface area (Å²) in [5.74, 6) is -0.0130. The highest BCUT2D eigenvalue weighted by Crippen LogP contribution is 2.11. The second-order valence-electron chi connectivity index (χ2n) is 3.79. The van der Waals surface area contributed by atoms with Crippen molar-refractivity contribution in [1.29, 1.82) is 0 Å². The Hall–Kier alpha value is -1.97. The SMILES string of the molecule is CC(C=O)Cc1cnnn1-c1ccccc1. The third-order valence-corrected chi connectivity index (χ3v) is 2.38. The van der Waals surface area contributed by atoms with Crippen molar-refractivity contribution in [3.8, 4) is 5.69 Å². The van der Waals surface area contributed by atoms with Gasteiger partial charge in [-0.05, 0) is 12.1 Å². The van der Waals surface area contributed by atoms with Gasteiger partial charge in [-0.3, -0.25) is 0 Å². The Morgan fingerprint density at radius 3 is 2.81 bits per heavy atom. The number of rotatable bonds is 4. The summed E-state index contributed by atoms with van der Waals surface area (Å²) >= 11 is 0. The molecule has 1 aromatic heterocycles. The van der Waals surface area contributed by atoms with E-state index in [1.807, 2.05) is 37.3 Å². The molecule has 1 unspecified atom stereocenters. The molecular weight excluding hydrogens is 202 g/mol. The molecule has 0 spiro atoms. The summed E-state index contributed by atoms with van der Waals surface area (Å²) in [6.07, 6.45) is 3.31. The lowest BCUT2D eigenvalue weighted by atomic mass is 10.1. The van der Waals surface area contributed by atoms with Gasteiger partial charge in [-0.25, -0.2) is 4.68 Å². The summed E-state index contributed by atoms with van der Waals surface area (Å²) in [6.45, 7) is 1.88. The molecule has 82 valence electrons. The van der Waals surface area contributed by atoms with Gasteiger partial charge >= 0.3 is 0 Å². The Morgan fingerprint density at radius 2 is 2.12 bits per heavy atom. The molecule has 4 heteroatoms. The van der Waals surface area contributed by atoms with E-state index in [0.29, 0.717) is 6.42 Å². The first-order valence-corrected chi connectivity index (χ1v) is 5.21. The summed E-state index contributed by atoms with van der Waals surface area (Å²) in [5, 5.41) is 7.91. The minimum atomic E-state index is -0.0130. The standard InChI is InChI=1S/C12H13N3O/c1-10(9-16)7-12-8-13-14-15(12)11-5-3-2-4-6-11/h2-6,8-10H,7H2,1H3. The van der Waals surface area contributed by atoms with E-state index in [9.17, 15) is 4.79 Å². The monoisotopic (exact) mass is 215 g/mol. The van der Waals surface area contributed by atoms with Gasteiger partial charge in [0.1, 0.15) is 6.29 Å². The molecule has 0 radical (unpaired) electrons. The molecule has 4 nitrogen and oxygen atoms in total. The van der Waals surface area contributed by atoms with Crippen molar-refractivity contribution >= 4 is 6.29 Å². The minimum absolute atomic E-state index is 0.0130. The predicted molar refractivity (Wildman–Crippen MR) is 60.3 cm³/mol. The van der Waals surface area contributed by atoms with Gasteiger partial charge in [-0.1, -0.05) is 30.3 Å². The van der Waals surface area contributed by atoms with Crippen molar-refractivity contribution in [2.45, 2.75) is 13.3 Å². The van der Waals surface area contributed by atoms with Gasteiger partial charge in [0.15, 0.2) is 0 Å². The van der Waals surface area contributed by atoms with Gasteiger partial charge in [0, 0.05) is 12.3 Å². The van der Waals surface area contributed by atoms with Crippen molar-refractivity contribution in [2.24, 2.45) is 5.92 Å². The van der Waals surface area contributed by atoms with Crippen LogP contribution in [0.5, 0.6) is 0 Å². The fraction of sp³-hybridized carbons (Fsp3) is 0.250. The van der Waals surface area contributed by atoms with Crippen LogP contribution in [0.25, 0.3) is 5.69 Å². The Bertz CT molecular complexity index is 464. The largest absolute Gasteiger partial charge is 0.303 e. The number of aldehydes is 1. The van der Waals surface area contributed by atoms with Crippen LogP contribution in [0.4, 0.5) is 0 Å². The van der Waals surface area contributed by atoms with E-state index in [2.05, 4.69) is 10.3 Å². The zero-order valence-electron chi connectivity index (χ0n) is 9.08. The van der Waals surface area contributed by atoms with Crippen LogP contribution < -0.4 is 0 Å². The molecule has 2 rings (SSSR count). The first-order valence-electron chi connectivity index (χ1n) is 5.21. The summed E-state index contributed by atoms with van der Waals surface area (Å²) in [4.78, 5) is 10.6. The van der Waals surface area contributed by atoms with Crippen LogP contribution in [0.3, 0.4) is 0 Å². The van der Waals surface area contributed by atoms with Gasteiger partial charge in [0.05, 0.1) is 17.6 Å². The summed E-state index contributed by atoms with van der Waals surface area (Å²) in [7, 11) is 0. The van der Waals surface area contributed by atoms with E-state index in [0.717, 1.165) is 17.7 Å². The van der Waals surface area contributed by atoms with Crippen LogP contribution in [0.2, 0.25) is 0 Å². The molecule has 0 aliphatic carbocycles. The van der Waals surface area contributed by atoms with E-state index < -0.39 is 0 Å². The molecule has 0 saturated carbocycles. The molecule has 0 N–H and O–H groups in total. The highest BCUT2D eigenvalue weighted by atomic mass is 16.1. The summed E-state index contributed by atoms with van der Waals surface area (Å²) in [5.41, 5.74) is 1.92. The highest BCUT2D eigenvalue weighted by molar-refractivity contribution is 5.53. The average molecular weight is 215 g/mol. The molecule has 0 aliphatic heterocycles. The molecule has 1 aromatic carbocycles. The number of benzene rings is 1. The molecule has 0 amide bonds. The van der Waals surface area contributed by atoms with Crippen molar-refractivity contribution in [1.82, 2.24) is 15.0 Å². The lowest BCUT2D eigenvalue weighted by Crippen LogP contribution is -2.07. The summed E-state index contributed by atoms with van der Waals surface area (Å²) in [6, 6.07) is 9.77. The van der Waals surface area contributed by atoms with Crippen molar-refractivity contribution in [3.63, 3.8) is 0 Å². The normalized spacial score (nSPS) is 12.3. The van der Waals surface area contributed by atoms with Crippen LogP contribution in [-0.2, 0) is 11.2 Å². The molecule has 2 aromatic rings. The van der Waals surface area contributed by atoms with Crippen LogP contribution in [-0.4, -0.2) is 21.3 Å². The molecular formula is C12H13N3O. The summed E-state index contributed by atoms with van der Waals surface area (Å²) < 4.78 is 1.76. The maximum absolute atomic E-state index is 10.6. The number of hydrogen-bond donors (Lipinski definition) is 0. The number of aromatic nitrogens is 3. The zero-order chi connectivity index (χ0) is 11.4. The molecule has 1 atom stereocenters. The zero-order valence-corrected chi connectivity index (χ0v) is 9.08. The van der Waals surface area contributed by atoms with E-state index in [1.165, 1.54) is 0 Å². The molecule has 16 heavy (non-hydrogen) atoms. The smallest absolute Gasteiger partial charge is 0.123 e. The predicted octanol–water partition coefficient (Wildman–Crippen LogP) is 1.64. The third-order valence-electron chi connectivity index (χ3n) is 2.38. The quantitative estimate of drug-likeness (QED) is 0.728. The highest BCUT2D eigenvalue weighted by Gasteiger charge is 2.09. The molecule has 0 aliphatic rings. The van der Waals surface area contributed by atoms with Gasteiger partial charge < -0.3 is 4.79 Å². The minimum Gasteiger partial charge on any atom is -0.303 e. The molecule has 1 heterocycles. The van der Waals surface area contributed by atoms with E-state index in [-0.39, 0.29) is 5.92 Å². The van der Waals surface area contributed by atoms with Crippen molar-refractivity contribution in [3.05, 3.63) is 42.2 Å². The van der Waals surface area contributed by atoms with E-state index >= 15 is 0 Å². The van der Waals surface area contributed by atoms with Gasteiger partial charge in [-0.15, -0.1) is 5.10 Å². The number of carbonyl (C=O) groups is 1. The van der Waals surface area contributed by atoms with Gasteiger partial charge in [-0.2, -0.15) is 0 Å². The lowest BCUT2D eigenvalue weighted by molar-refractivity contribution is -0.110. The molecule has 0 saturated heterocycles. The van der Waals surface area contributed by atoms with Crippen LogP contribution in [0.15, 0.2) is 36.5 Å². The Morgan fingerprint density at radius 1 is 1.38 bits per heavy atom. The second kappa shape index (κ2) is 4.70. The number of carbonyl (C=O) groups excluding carboxylic acids is 1. The van der Waals surface area contributed by atoms with Crippen LogP contribution in [0.1, 0.15) is 12.6 Å². The number of hydrogen-bond acceptors (Lipinski definition) is 3. The lowest BCUT2D eigenvalue weighted by Gasteiger charge is -2.06. The fourth-order valence-corrected chi connectivity index (χ4v) is 1.56. The Labute approximate surface area is 93.9 Å². The Kier molecular flexibility index (Phi) is 3.10. The second-order valence-corrected chi connectivity index (χ2v) is 3.79. The van der Waals surface area contributed by atoms with E-state index in [1.54, 1.807) is 10.9 Å². The van der Waals surface area contributed by atoms with E-state index in [4.69, 9.17) is 0 Å². The maximum atomic E-state index is 10.6. The fourth-order valence-electron chi connectivity index (χ4n) is 1.56. The number of para-hydroxylation sites is 1. The van der Waals surface area contributed by atoms with Crippen LogP contribution >= 0.6 is 0 Å². The van der Waals surface area contributed by atoms with Crippen molar-refractivity contribution in [2.75, 3.05) is 0 Å². The van der Waals surface area contributed by atoms with Gasteiger partial charge in [0.25, 0.3) is 0 Å². The van der Waals surface area contributed by atoms with Gasteiger partial charge in [0.2, 0.25) is 0 Å². The molecule has 0 fully saturated rings. The number of nitrogens with zero attached hydrogens (tertiary/aromatic N) is 3. The third kappa shape index (κ3) is 2.16. The topological polar surface area (TPSA) is 47.8 Å². The maximum Gasteiger partial charge on any atom is 0.123 e. The Balaban J connectivity index is 2.29. The van der Waals surface area contributed by atoms with Crippen LogP contribution in [0, 0.1) is 5.92 Å². The first kappa shape index (κ1) is 10.5. The first-order chi connectivity index (χ1) is 7.81. The van der Waals surface area contributed by atoms with Crippen molar-refractivity contribution < 1.29 is 4.79 Å².